The van der Waals surface area contributed by atoms with Gasteiger partial charge in [-0.2, -0.15) is 0 Å². The SMILES string of the molecule is CN1CCN(NC(=O)c2ccc([N+](=O)[O-])cc2Cl)CC1. The Hall–Kier alpha value is -1.70. The normalized spacial score (nSPS) is 16.9. The summed E-state index contributed by atoms with van der Waals surface area (Å²) in [5.41, 5.74) is 2.86. The van der Waals surface area contributed by atoms with Crippen molar-refractivity contribution in [2.75, 3.05) is 33.2 Å². The van der Waals surface area contributed by atoms with Crippen molar-refractivity contribution >= 4 is 23.2 Å². The predicted octanol–water partition coefficient (Wildman–Crippen LogP) is 1.14. The number of hydrogen-bond acceptors (Lipinski definition) is 5. The number of halogens is 1. The van der Waals surface area contributed by atoms with Gasteiger partial charge < -0.3 is 4.90 Å². The summed E-state index contributed by atoms with van der Waals surface area (Å²) in [6, 6.07) is 3.82. The molecule has 108 valence electrons. The number of carbonyl (C=O) groups excluding carboxylic acids is 1. The molecular formula is C12H15ClN4O3. The molecule has 1 N–H and O–H groups in total. The fourth-order valence-electron chi connectivity index (χ4n) is 1.92. The third-order valence-electron chi connectivity index (χ3n) is 3.17. The first-order valence-corrected chi connectivity index (χ1v) is 6.53. The fourth-order valence-corrected chi connectivity index (χ4v) is 2.18. The van der Waals surface area contributed by atoms with Crippen LogP contribution in [0.15, 0.2) is 18.2 Å². The smallest absolute Gasteiger partial charge is 0.270 e. The van der Waals surface area contributed by atoms with E-state index in [1.807, 2.05) is 12.1 Å². The van der Waals surface area contributed by atoms with Crippen molar-refractivity contribution in [2.45, 2.75) is 0 Å². The Bertz CT molecular complexity index is 529. The number of piperazine rings is 1. The summed E-state index contributed by atoms with van der Waals surface area (Å²) in [6.07, 6.45) is 0. The topological polar surface area (TPSA) is 78.7 Å². The zero-order chi connectivity index (χ0) is 14.7. The molecule has 0 radical (unpaired) electrons. The molecule has 0 aliphatic carbocycles. The standard InChI is InChI=1S/C12H15ClN4O3/c1-15-4-6-16(7-5-15)14-12(18)10-3-2-9(17(19)20)8-11(10)13/h2-3,8H,4-7H2,1H3,(H,14,18). The zero-order valence-electron chi connectivity index (χ0n) is 11.0. The monoisotopic (exact) mass is 298 g/mol. The lowest BCUT2D eigenvalue weighted by molar-refractivity contribution is -0.384. The van der Waals surface area contributed by atoms with Crippen molar-refractivity contribution in [3.63, 3.8) is 0 Å². The highest BCUT2D eigenvalue weighted by Crippen LogP contribution is 2.22. The van der Waals surface area contributed by atoms with Gasteiger partial charge in [-0.15, -0.1) is 0 Å². The van der Waals surface area contributed by atoms with Crippen LogP contribution in [0.3, 0.4) is 0 Å². The third kappa shape index (κ3) is 3.44. The van der Waals surface area contributed by atoms with Gasteiger partial charge in [-0.1, -0.05) is 11.6 Å². The van der Waals surface area contributed by atoms with Crippen LogP contribution in [-0.4, -0.2) is 54.0 Å². The first-order valence-electron chi connectivity index (χ1n) is 6.16. The highest BCUT2D eigenvalue weighted by atomic mass is 35.5. The summed E-state index contributed by atoms with van der Waals surface area (Å²) in [6.45, 7) is 3.20. The van der Waals surface area contributed by atoms with Gasteiger partial charge in [0.2, 0.25) is 0 Å². The summed E-state index contributed by atoms with van der Waals surface area (Å²) in [4.78, 5) is 24.3. The van der Waals surface area contributed by atoms with Crippen LogP contribution < -0.4 is 5.43 Å². The quantitative estimate of drug-likeness (QED) is 0.669. The van der Waals surface area contributed by atoms with Gasteiger partial charge in [0.15, 0.2) is 0 Å². The molecular weight excluding hydrogens is 284 g/mol. The van der Waals surface area contributed by atoms with E-state index in [1.165, 1.54) is 18.2 Å². The minimum absolute atomic E-state index is 0.0748. The molecule has 0 bridgehead atoms. The van der Waals surface area contributed by atoms with Gasteiger partial charge in [0.25, 0.3) is 11.6 Å². The largest absolute Gasteiger partial charge is 0.304 e. The van der Waals surface area contributed by atoms with Crippen molar-refractivity contribution in [3.05, 3.63) is 38.9 Å². The number of likely N-dealkylation sites (N-methyl/N-ethyl adjacent to an activating group) is 1. The van der Waals surface area contributed by atoms with E-state index >= 15 is 0 Å². The van der Waals surface area contributed by atoms with Crippen LogP contribution in [0, 0.1) is 10.1 Å². The number of amides is 1. The van der Waals surface area contributed by atoms with Crippen LogP contribution in [0.1, 0.15) is 10.4 Å². The Balaban J connectivity index is 2.04. The van der Waals surface area contributed by atoms with Crippen LogP contribution >= 0.6 is 11.6 Å². The van der Waals surface area contributed by atoms with Crippen molar-refractivity contribution in [1.29, 1.82) is 0 Å². The zero-order valence-corrected chi connectivity index (χ0v) is 11.8. The van der Waals surface area contributed by atoms with Gasteiger partial charge in [-0.3, -0.25) is 20.3 Å². The lowest BCUT2D eigenvalue weighted by Crippen LogP contribution is -2.52. The summed E-state index contributed by atoms with van der Waals surface area (Å²) in [5, 5.41) is 12.5. The lowest BCUT2D eigenvalue weighted by atomic mass is 10.2. The maximum Gasteiger partial charge on any atom is 0.270 e. The molecule has 1 aromatic carbocycles. The average Bonchev–Trinajstić information content (AvgIpc) is 2.41. The second-order valence-corrected chi connectivity index (χ2v) is 5.06. The van der Waals surface area contributed by atoms with E-state index < -0.39 is 4.92 Å². The molecule has 1 aliphatic heterocycles. The summed E-state index contributed by atoms with van der Waals surface area (Å²) < 4.78 is 0. The minimum Gasteiger partial charge on any atom is -0.304 e. The van der Waals surface area contributed by atoms with Crippen LogP contribution in [0.5, 0.6) is 0 Å². The molecule has 7 nitrogen and oxygen atoms in total. The molecule has 20 heavy (non-hydrogen) atoms. The molecule has 2 rings (SSSR count). The number of hydrazine groups is 1. The molecule has 1 fully saturated rings. The maximum absolute atomic E-state index is 12.1. The van der Waals surface area contributed by atoms with E-state index in [0.29, 0.717) is 0 Å². The molecule has 8 heteroatoms. The summed E-state index contributed by atoms with van der Waals surface area (Å²) >= 11 is 5.92. The molecule has 1 heterocycles. The molecule has 0 aromatic heterocycles. The molecule has 0 atom stereocenters. The molecule has 1 aromatic rings. The van der Waals surface area contributed by atoms with E-state index in [1.54, 1.807) is 0 Å². The molecule has 1 saturated heterocycles. The van der Waals surface area contributed by atoms with Gasteiger partial charge in [-0.25, -0.2) is 5.01 Å². The number of carbonyl (C=O) groups is 1. The number of nitrogens with zero attached hydrogens (tertiary/aromatic N) is 3. The predicted molar refractivity (Wildman–Crippen MR) is 74.6 cm³/mol. The van der Waals surface area contributed by atoms with Gasteiger partial charge in [0, 0.05) is 38.3 Å². The number of rotatable bonds is 3. The number of non-ortho nitro benzene ring substituents is 1. The average molecular weight is 299 g/mol. The van der Waals surface area contributed by atoms with E-state index in [9.17, 15) is 14.9 Å². The van der Waals surface area contributed by atoms with E-state index in [0.717, 1.165) is 26.2 Å². The summed E-state index contributed by atoms with van der Waals surface area (Å²) in [7, 11) is 2.02. The Morgan fingerprint density at radius 3 is 2.55 bits per heavy atom. The third-order valence-corrected chi connectivity index (χ3v) is 3.48. The number of nitro benzene ring substituents is 1. The number of nitrogens with one attached hydrogen (secondary N) is 1. The van der Waals surface area contributed by atoms with E-state index in [2.05, 4.69) is 10.3 Å². The molecule has 1 aliphatic rings. The summed E-state index contributed by atoms with van der Waals surface area (Å²) in [5.74, 6) is -0.352. The van der Waals surface area contributed by atoms with Crippen molar-refractivity contribution < 1.29 is 9.72 Å². The van der Waals surface area contributed by atoms with E-state index in [4.69, 9.17) is 11.6 Å². The molecule has 0 spiro atoms. The van der Waals surface area contributed by atoms with Crippen LogP contribution in [0.4, 0.5) is 5.69 Å². The Labute approximate surface area is 121 Å². The molecule has 1 amide bonds. The van der Waals surface area contributed by atoms with Gasteiger partial charge in [-0.05, 0) is 13.1 Å². The number of hydrogen-bond donors (Lipinski definition) is 1. The second-order valence-electron chi connectivity index (χ2n) is 4.65. The van der Waals surface area contributed by atoms with Crippen molar-refractivity contribution in [2.24, 2.45) is 0 Å². The molecule has 0 saturated carbocycles. The van der Waals surface area contributed by atoms with Crippen LogP contribution in [0.2, 0.25) is 5.02 Å². The maximum atomic E-state index is 12.1. The highest BCUT2D eigenvalue weighted by Gasteiger charge is 2.19. The van der Waals surface area contributed by atoms with Crippen LogP contribution in [-0.2, 0) is 0 Å². The highest BCUT2D eigenvalue weighted by molar-refractivity contribution is 6.34. The first-order chi connectivity index (χ1) is 9.47. The van der Waals surface area contributed by atoms with Crippen molar-refractivity contribution in [3.8, 4) is 0 Å². The molecule has 0 unspecified atom stereocenters. The Kier molecular flexibility index (Phi) is 4.53. The second kappa shape index (κ2) is 6.17. The van der Waals surface area contributed by atoms with Gasteiger partial charge in [0.05, 0.1) is 15.5 Å². The Morgan fingerprint density at radius 2 is 2.00 bits per heavy atom. The van der Waals surface area contributed by atoms with Gasteiger partial charge in [0.1, 0.15) is 0 Å². The number of nitro groups is 1. The van der Waals surface area contributed by atoms with Crippen LogP contribution in [0.25, 0.3) is 0 Å². The minimum atomic E-state index is -0.548. The fraction of sp³-hybridized carbons (Fsp3) is 0.417. The van der Waals surface area contributed by atoms with E-state index in [-0.39, 0.29) is 22.2 Å². The van der Waals surface area contributed by atoms with Gasteiger partial charge >= 0.3 is 0 Å². The first kappa shape index (κ1) is 14.7. The lowest BCUT2D eigenvalue weighted by Gasteiger charge is -2.32. The Morgan fingerprint density at radius 1 is 1.35 bits per heavy atom. The van der Waals surface area contributed by atoms with Crippen molar-refractivity contribution in [1.82, 2.24) is 15.3 Å². The number of benzene rings is 1.